The SMILES string of the molecule is C=CC(=O)OC.C=CC(=O)OC(C)(C)C(C)(O)C(F)(F)F.C=CC(=O)OC(C)CC(C)(O)C(F)(F)F.C=CC(=O)OC1(C(C)(O)C(F)(F)F)CCCC1.C=CC(=O)OC1CC(C(C)(O)C(F)(F)F)CC(C(O)(C(F)(F)F)C(F)(F)F)C1.C=CC(=O)OC1CC(C)(O)OC(C)(C(F)(F)F)C1(F)F.C=CC(=O)OCC(C)(O)C(F)(F)F.CC(O)(CC1CCCCC1)C(F)(F)F. The molecule has 4 rings (SSSR count). The van der Waals surface area contributed by atoms with Crippen molar-refractivity contribution in [2.45, 2.75) is 314 Å². The summed E-state index contributed by atoms with van der Waals surface area (Å²) >= 11 is 0. The van der Waals surface area contributed by atoms with Gasteiger partial charge in [0.2, 0.25) is 5.60 Å². The van der Waals surface area contributed by atoms with Gasteiger partial charge < -0.3 is 78.7 Å². The fourth-order valence-corrected chi connectivity index (χ4v) is 11.4. The molecule has 128 heavy (non-hydrogen) atoms. The van der Waals surface area contributed by atoms with E-state index in [2.05, 4.69) is 79.2 Å². The highest BCUT2D eigenvalue weighted by atomic mass is 19.4. The molecular weight excluding hydrogens is 1830 g/mol. The van der Waals surface area contributed by atoms with Gasteiger partial charge in [-0.25, -0.2) is 33.6 Å². The Bertz CT molecular complexity index is 3610. The van der Waals surface area contributed by atoms with E-state index in [9.17, 15) is 192 Å². The topological polar surface area (TPSA) is 355 Å². The molecule has 0 amide bonds. The minimum atomic E-state index is -6.28. The maximum absolute atomic E-state index is 14.0. The Morgan fingerprint density at radius 1 is 0.461 bits per heavy atom. The largest absolute Gasteiger partial charge is 0.466 e. The van der Waals surface area contributed by atoms with Crippen LogP contribution < -0.4 is 0 Å². The first-order valence-corrected chi connectivity index (χ1v) is 36.8. The van der Waals surface area contributed by atoms with E-state index in [1.807, 2.05) is 0 Å². The van der Waals surface area contributed by atoms with Gasteiger partial charge in [-0.05, 0) is 133 Å². The fourth-order valence-electron chi connectivity index (χ4n) is 11.4. The molecule has 0 spiro atoms. The Hall–Kier alpha value is -7.92. The van der Waals surface area contributed by atoms with Crippen molar-refractivity contribution in [3.63, 3.8) is 0 Å². The lowest BCUT2D eigenvalue weighted by Gasteiger charge is -2.50. The number of alkyl halides is 29. The predicted octanol–water partition coefficient (Wildman–Crippen LogP) is 16.4. The van der Waals surface area contributed by atoms with Crippen molar-refractivity contribution in [1.29, 1.82) is 0 Å². The van der Waals surface area contributed by atoms with Crippen LogP contribution in [0.2, 0.25) is 0 Å². The second-order valence-electron chi connectivity index (χ2n) is 30.9. The molecule has 52 heteroatoms. The van der Waals surface area contributed by atoms with Gasteiger partial charge in [0.15, 0.2) is 45.5 Å². The van der Waals surface area contributed by atoms with Crippen LogP contribution in [0.4, 0.5) is 127 Å². The number of carbonyl (C=O) groups excluding carboxylic acids is 7. The Balaban J connectivity index is -0.000000703. The molecule has 13 unspecified atom stereocenters. The van der Waals surface area contributed by atoms with Crippen LogP contribution >= 0.6 is 0 Å². The van der Waals surface area contributed by atoms with E-state index >= 15 is 0 Å². The number of hydrogen-bond acceptors (Lipinski definition) is 23. The van der Waals surface area contributed by atoms with Gasteiger partial charge in [-0.1, -0.05) is 78.2 Å². The van der Waals surface area contributed by atoms with Crippen molar-refractivity contribution < 1.29 is 240 Å². The molecule has 13 atom stereocenters. The molecule has 1 heterocycles. The first-order valence-electron chi connectivity index (χ1n) is 36.8. The average Bonchev–Trinajstić information content (AvgIpc) is 0.817. The molecular formula is C76H103F29O23. The third kappa shape index (κ3) is 36.0. The zero-order valence-electron chi connectivity index (χ0n) is 70.4. The highest BCUT2D eigenvalue weighted by Gasteiger charge is 2.78. The summed E-state index contributed by atoms with van der Waals surface area (Å²) in [5.74, 6) is -18.9. The smallest absolute Gasteiger partial charge is 0.426 e. The Kier molecular flexibility index (Phi) is 46.3. The van der Waals surface area contributed by atoms with Gasteiger partial charge in [-0.2, -0.15) is 127 Å². The second-order valence-corrected chi connectivity index (χ2v) is 30.9. The van der Waals surface area contributed by atoms with Crippen LogP contribution in [0.1, 0.15) is 172 Å². The summed E-state index contributed by atoms with van der Waals surface area (Å²) in [6, 6.07) is 0. The summed E-state index contributed by atoms with van der Waals surface area (Å²) in [4.78, 5) is 75.0. The molecule has 8 N–H and O–H groups in total. The minimum Gasteiger partial charge on any atom is -0.466 e. The number of hydrogen-bond donors (Lipinski definition) is 8. The molecule has 0 aromatic heterocycles. The summed E-state index contributed by atoms with van der Waals surface area (Å²) < 4.78 is 405. The molecule has 748 valence electrons. The maximum atomic E-state index is 14.0. The Morgan fingerprint density at radius 2 is 0.852 bits per heavy atom. The van der Waals surface area contributed by atoms with Gasteiger partial charge in [0.05, 0.1) is 7.11 Å². The molecule has 0 radical (unpaired) electrons. The van der Waals surface area contributed by atoms with Crippen molar-refractivity contribution in [2.75, 3.05) is 13.7 Å². The van der Waals surface area contributed by atoms with Gasteiger partial charge in [0, 0.05) is 67.2 Å². The number of halogens is 29. The quantitative estimate of drug-likeness (QED) is 0.0216. The van der Waals surface area contributed by atoms with Crippen molar-refractivity contribution in [3.8, 4) is 0 Å². The zero-order chi connectivity index (χ0) is 103. The third-order valence-electron chi connectivity index (χ3n) is 19.9. The standard InChI is InChI=1S/C15H17F9O4.C11H13F5O4.C11H15F3O3.C10H17F3O.2C9H13F3O3.C7H9F3O3.C4H6O2/c1-3-10(25)28-9-5-7(11(2,26)13(16,17)18)4-8(6-9)12(27,14(19,20)21)15(22,23)24;1-4-7(17)19-6-5-8(2,18)20-9(3,10(6,12)13)11(14,15)16;1-3-8(15)17-10(6-4-5-7-10)9(2,16)11(12,13)14;1-9(14,10(11,12)13)7-8-5-3-2-4-6-8;1-5-6(13)15-7(2,3)8(4,14)9(10,11)12;1-4-7(13)15-6(2)5-8(3,14)9(10,11)12;1-3-5(11)13-4-6(2,12)7(8,9)10;1-3-4(5)6-2/h3,7-9,26-27H,1,4-6H2,2H3;4,6,18H,1,5H2,2-3H3;3,16H,1,4-7H2,2H3;8,14H,2-7H2,1H3;5,14H,1H2,2-4H3;4,6,14H,1,5H2,2-3H3;3,12H,1,4H2,2H3;3H,1H2,2H3. The molecule has 4 aliphatic rings. The van der Waals surface area contributed by atoms with E-state index in [0.29, 0.717) is 58.8 Å². The molecule has 23 nitrogen and oxygen atoms in total. The van der Waals surface area contributed by atoms with Crippen LogP contribution in [-0.2, 0) is 71.5 Å². The van der Waals surface area contributed by atoms with Gasteiger partial charge in [-0.3, -0.25) is 0 Å². The number of esters is 7. The van der Waals surface area contributed by atoms with Gasteiger partial charge >= 0.3 is 103 Å². The third-order valence-corrected chi connectivity index (χ3v) is 19.9. The number of methoxy groups -OCH3 is 1. The maximum Gasteiger partial charge on any atom is 0.426 e. The van der Waals surface area contributed by atoms with Crippen LogP contribution in [-0.4, -0.2) is 238 Å². The average molecular weight is 1940 g/mol. The number of ether oxygens (including phenoxy) is 8. The number of carbonyl (C=O) groups is 7. The van der Waals surface area contributed by atoms with Crippen molar-refractivity contribution in [2.24, 2.45) is 17.8 Å². The highest BCUT2D eigenvalue weighted by Crippen LogP contribution is 2.57. The van der Waals surface area contributed by atoms with E-state index in [-0.39, 0.29) is 39.0 Å². The van der Waals surface area contributed by atoms with E-state index in [0.717, 1.165) is 84.1 Å². The van der Waals surface area contributed by atoms with E-state index in [4.69, 9.17) is 14.9 Å². The fraction of sp³-hybridized carbons (Fsp3) is 0.724. The summed E-state index contributed by atoms with van der Waals surface area (Å²) in [6.45, 7) is 27.7. The van der Waals surface area contributed by atoms with Crippen molar-refractivity contribution >= 4 is 41.8 Å². The summed E-state index contributed by atoms with van der Waals surface area (Å²) in [7, 11) is 1.31. The predicted molar refractivity (Wildman–Crippen MR) is 387 cm³/mol. The molecule has 1 saturated heterocycles. The van der Waals surface area contributed by atoms with E-state index in [1.54, 1.807) is 0 Å². The van der Waals surface area contributed by atoms with Crippen LogP contribution in [0, 0.1) is 17.8 Å². The molecule has 4 fully saturated rings. The van der Waals surface area contributed by atoms with Gasteiger partial charge in [0.25, 0.3) is 5.60 Å². The second kappa shape index (κ2) is 46.9. The Morgan fingerprint density at radius 3 is 1.19 bits per heavy atom. The minimum absolute atomic E-state index is 0.000903. The van der Waals surface area contributed by atoms with Crippen LogP contribution in [0.15, 0.2) is 88.6 Å². The lowest BCUT2D eigenvalue weighted by Crippen LogP contribution is -2.70. The lowest BCUT2D eigenvalue weighted by molar-refractivity contribution is -0.435. The molecule has 1 aliphatic heterocycles. The Labute approximate surface area is 713 Å². The highest BCUT2D eigenvalue weighted by molar-refractivity contribution is 5.83. The summed E-state index contributed by atoms with van der Waals surface area (Å²) in [5.41, 5.74) is -31.6. The van der Waals surface area contributed by atoms with Crippen molar-refractivity contribution in [3.05, 3.63) is 88.6 Å². The molecule has 3 aliphatic carbocycles. The van der Waals surface area contributed by atoms with E-state index in [1.165, 1.54) is 14.0 Å². The molecule has 0 aromatic rings. The zero-order valence-corrected chi connectivity index (χ0v) is 70.4. The van der Waals surface area contributed by atoms with Gasteiger partial charge in [-0.15, -0.1) is 0 Å². The van der Waals surface area contributed by atoms with Gasteiger partial charge in [0.1, 0.15) is 30.0 Å². The summed E-state index contributed by atoms with van der Waals surface area (Å²) in [5, 5.41) is 75.0. The van der Waals surface area contributed by atoms with Crippen molar-refractivity contribution in [1.82, 2.24) is 0 Å². The molecule has 0 bridgehead atoms. The van der Waals surface area contributed by atoms with Crippen LogP contribution in [0.3, 0.4) is 0 Å². The first kappa shape index (κ1) is 126. The first-order chi connectivity index (χ1) is 56.6. The number of rotatable bonds is 22. The number of aliphatic hydroxyl groups is 8. The van der Waals surface area contributed by atoms with Crippen LogP contribution in [0.5, 0.6) is 0 Å². The molecule has 0 aromatic carbocycles. The molecule has 3 saturated carbocycles. The summed E-state index contributed by atoms with van der Waals surface area (Å²) in [6.07, 6.45) is -47.1. The van der Waals surface area contributed by atoms with E-state index < -0.39 is 234 Å². The normalized spacial score (nSPS) is 23.5. The van der Waals surface area contributed by atoms with Crippen LogP contribution in [0.25, 0.3) is 0 Å². The lowest BCUT2D eigenvalue weighted by atomic mass is 9.66. The monoisotopic (exact) mass is 1930 g/mol.